The molecule has 0 spiro atoms. The van der Waals surface area contributed by atoms with E-state index in [4.69, 9.17) is 9.47 Å². The lowest BCUT2D eigenvalue weighted by molar-refractivity contribution is 0.174. The normalized spacial score (nSPS) is 13.1. The van der Waals surface area contributed by atoms with Gasteiger partial charge in [-0.15, -0.1) is 10.2 Å². The molecule has 0 fully saturated rings. The van der Waals surface area contributed by atoms with Crippen molar-refractivity contribution in [3.05, 3.63) is 40.3 Å². The van der Waals surface area contributed by atoms with E-state index < -0.39 is 0 Å². The lowest BCUT2D eigenvalue weighted by atomic mass is 10.2. The van der Waals surface area contributed by atoms with E-state index in [1.54, 1.807) is 4.40 Å². The zero-order valence-corrected chi connectivity index (χ0v) is 10.6. The topological polar surface area (TPSA) is 81.5 Å². The molecule has 0 atom stereocenters. The van der Waals surface area contributed by atoms with Crippen LogP contribution in [0.4, 0.5) is 0 Å². The quantitative estimate of drug-likeness (QED) is 0.716. The minimum atomic E-state index is -0.195. The zero-order chi connectivity index (χ0) is 13.7. The van der Waals surface area contributed by atoms with Gasteiger partial charge < -0.3 is 9.47 Å². The van der Waals surface area contributed by atoms with Crippen molar-refractivity contribution in [2.45, 2.75) is 6.92 Å². The van der Waals surface area contributed by atoms with Crippen LogP contribution in [0.1, 0.15) is 5.69 Å². The number of rotatable bonds is 1. The van der Waals surface area contributed by atoms with Gasteiger partial charge in [0.25, 0.3) is 5.56 Å². The number of fused-ring (bicyclic) bond motifs is 2. The van der Waals surface area contributed by atoms with Crippen LogP contribution >= 0.6 is 0 Å². The predicted octanol–water partition coefficient (Wildman–Crippen LogP) is 1.12. The van der Waals surface area contributed by atoms with Crippen LogP contribution in [0.5, 0.6) is 11.5 Å². The summed E-state index contributed by atoms with van der Waals surface area (Å²) in [6, 6.07) is 7.07. The summed E-state index contributed by atoms with van der Waals surface area (Å²) in [7, 11) is 0. The Balaban J connectivity index is 1.97. The van der Waals surface area contributed by atoms with Crippen LogP contribution in [0.3, 0.4) is 0 Å². The van der Waals surface area contributed by atoms with E-state index in [-0.39, 0.29) is 12.4 Å². The molecule has 7 heteroatoms. The number of aryl methyl sites for hydroxylation is 1. The second-order valence-electron chi connectivity index (χ2n) is 4.53. The third kappa shape index (κ3) is 1.49. The van der Waals surface area contributed by atoms with Gasteiger partial charge in [-0.05, 0) is 25.1 Å². The summed E-state index contributed by atoms with van der Waals surface area (Å²) >= 11 is 0. The Labute approximate surface area is 112 Å². The fraction of sp³-hybridized carbons (Fsp3) is 0.154. The summed E-state index contributed by atoms with van der Waals surface area (Å²) in [6.07, 6.45) is 0. The van der Waals surface area contributed by atoms with Crippen LogP contribution < -0.4 is 15.0 Å². The highest BCUT2D eigenvalue weighted by Crippen LogP contribution is 2.35. The average molecular weight is 270 g/mol. The van der Waals surface area contributed by atoms with Gasteiger partial charge in [0.05, 0.1) is 0 Å². The highest BCUT2D eigenvalue weighted by Gasteiger charge is 2.17. The molecule has 0 radical (unpaired) electrons. The van der Waals surface area contributed by atoms with Gasteiger partial charge in [-0.1, -0.05) is 0 Å². The van der Waals surface area contributed by atoms with E-state index in [1.165, 1.54) is 6.07 Å². The van der Waals surface area contributed by atoms with E-state index in [9.17, 15) is 4.79 Å². The second-order valence-corrected chi connectivity index (χ2v) is 4.53. The molecule has 1 aromatic carbocycles. The Hall–Kier alpha value is -2.83. The number of aromatic nitrogens is 4. The molecule has 1 aliphatic heterocycles. The maximum Gasteiger partial charge on any atom is 0.252 e. The first-order chi connectivity index (χ1) is 9.72. The minimum absolute atomic E-state index is 0.195. The van der Waals surface area contributed by atoms with E-state index in [1.807, 2.05) is 25.1 Å². The highest BCUT2D eigenvalue weighted by molar-refractivity contribution is 5.63. The number of ether oxygens (including phenoxy) is 2. The molecule has 3 aromatic rings. The third-order valence-electron chi connectivity index (χ3n) is 3.22. The highest BCUT2D eigenvalue weighted by atomic mass is 16.7. The fourth-order valence-corrected chi connectivity index (χ4v) is 2.32. The minimum Gasteiger partial charge on any atom is -0.454 e. The number of nitrogens with one attached hydrogen (secondary N) is 1. The van der Waals surface area contributed by atoms with Crippen molar-refractivity contribution >= 4 is 5.78 Å². The first-order valence-corrected chi connectivity index (χ1v) is 6.07. The summed E-state index contributed by atoms with van der Waals surface area (Å²) in [4.78, 5) is 14.1. The number of benzene rings is 1. The molecule has 0 aliphatic carbocycles. The van der Waals surface area contributed by atoms with E-state index in [0.717, 1.165) is 11.3 Å². The Kier molecular flexibility index (Phi) is 2.11. The standard InChI is InChI=1S/C13H10N4O3/c1-7-4-11(18)14-13-16-15-12(17(7)13)8-2-3-9-10(5-8)20-6-19-9/h2-5H,6H2,1H3,(H,14,16,18). The number of hydrogen-bond donors (Lipinski definition) is 1. The maximum atomic E-state index is 11.4. The van der Waals surface area contributed by atoms with Crippen molar-refractivity contribution in [3.63, 3.8) is 0 Å². The van der Waals surface area contributed by atoms with Crippen molar-refractivity contribution in [2.24, 2.45) is 0 Å². The van der Waals surface area contributed by atoms with E-state index >= 15 is 0 Å². The first-order valence-electron chi connectivity index (χ1n) is 6.07. The SMILES string of the molecule is Cc1cc(=O)[nH]c2nnc(-c3ccc4c(c3)OCO4)n12. The van der Waals surface area contributed by atoms with Gasteiger partial charge >= 0.3 is 0 Å². The summed E-state index contributed by atoms with van der Waals surface area (Å²) in [5.74, 6) is 2.46. The van der Waals surface area contributed by atoms with Gasteiger partial charge in [0.2, 0.25) is 12.6 Å². The van der Waals surface area contributed by atoms with Gasteiger partial charge in [-0.25, -0.2) is 0 Å². The van der Waals surface area contributed by atoms with Crippen molar-refractivity contribution in [1.82, 2.24) is 19.6 Å². The first kappa shape index (κ1) is 11.0. The molecule has 1 aliphatic rings. The van der Waals surface area contributed by atoms with Crippen LogP contribution in [-0.2, 0) is 0 Å². The van der Waals surface area contributed by atoms with Crippen LogP contribution in [0.2, 0.25) is 0 Å². The van der Waals surface area contributed by atoms with Crippen molar-refractivity contribution in [2.75, 3.05) is 6.79 Å². The summed E-state index contributed by atoms with van der Waals surface area (Å²) in [5.41, 5.74) is 1.41. The lowest BCUT2D eigenvalue weighted by Crippen LogP contribution is -2.09. The predicted molar refractivity (Wildman–Crippen MR) is 69.9 cm³/mol. The fourth-order valence-electron chi connectivity index (χ4n) is 2.32. The molecule has 100 valence electrons. The Morgan fingerprint density at radius 2 is 2.05 bits per heavy atom. The Morgan fingerprint density at radius 1 is 1.20 bits per heavy atom. The van der Waals surface area contributed by atoms with Crippen LogP contribution in [0.15, 0.2) is 29.1 Å². The Bertz CT molecular complexity index is 881. The van der Waals surface area contributed by atoms with Crippen molar-refractivity contribution < 1.29 is 9.47 Å². The number of nitrogens with zero attached hydrogens (tertiary/aromatic N) is 3. The number of H-pyrrole nitrogens is 1. The summed E-state index contributed by atoms with van der Waals surface area (Å²) in [5, 5.41) is 8.14. The molecule has 0 bridgehead atoms. The third-order valence-corrected chi connectivity index (χ3v) is 3.22. The molecule has 4 rings (SSSR count). The molecule has 0 saturated carbocycles. The van der Waals surface area contributed by atoms with Crippen LogP contribution in [-0.4, -0.2) is 26.4 Å². The monoisotopic (exact) mass is 270 g/mol. The van der Waals surface area contributed by atoms with E-state index in [0.29, 0.717) is 23.1 Å². The average Bonchev–Trinajstić information content (AvgIpc) is 3.03. The van der Waals surface area contributed by atoms with Gasteiger partial charge in [-0.2, -0.15) is 0 Å². The van der Waals surface area contributed by atoms with Gasteiger partial charge in [-0.3, -0.25) is 14.2 Å². The number of hydrogen-bond acceptors (Lipinski definition) is 5. The smallest absolute Gasteiger partial charge is 0.252 e. The molecule has 7 nitrogen and oxygen atoms in total. The molecular formula is C13H10N4O3. The summed E-state index contributed by atoms with van der Waals surface area (Å²) in [6.45, 7) is 2.06. The Morgan fingerprint density at radius 3 is 2.95 bits per heavy atom. The summed E-state index contributed by atoms with van der Waals surface area (Å²) < 4.78 is 12.4. The molecule has 0 amide bonds. The number of aromatic amines is 1. The molecule has 0 saturated heterocycles. The lowest BCUT2D eigenvalue weighted by Gasteiger charge is -2.04. The van der Waals surface area contributed by atoms with Crippen LogP contribution in [0.25, 0.3) is 17.2 Å². The molecule has 3 heterocycles. The largest absolute Gasteiger partial charge is 0.454 e. The second kappa shape index (κ2) is 3.83. The molecule has 0 unspecified atom stereocenters. The molecule has 1 N–H and O–H groups in total. The van der Waals surface area contributed by atoms with Crippen molar-refractivity contribution in [3.8, 4) is 22.9 Å². The van der Waals surface area contributed by atoms with Gasteiger partial charge in [0.15, 0.2) is 17.3 Å². The molecule has 20 heavy (non-hydrogen) atoms. The van der Waals surface area contributed by atoms with E-state index in [2.05, 4.69) is 15.2 Å². The zero-order valence-electron chi connectivity index (χ0n) is 10.6. The van der Waals surface area contributed by atoms with Gasteiger partial charge in [0.1, 0.15) is 0 Å². The van der Waals surface area contributed by atoms with Gasteiger partial charge in [0, 0.05) is 17.3 Å². The molecular weight excluding hydrogens is 260 g/mol. The van der Waals surface area contributed by atoms with Crippen molar-refractivity contribution in [1.29, 1.82) is 0 Å². The van der Waals surface area contributed by atoms with Crippen LogP contribution in [0, 0.1) is 6.92 Å². The molecule has 2 aromatic heterocycles. The maximum absolute atomic E-state index is 11.4.